The lowest BCUT2D eigenvalue weighted by molar-refractivity contribution is -0.115. The normalized spacial score (nSPS) is 10.5. The standard InChI is InChI=1S/C18H23N3O2S3/c1-5-20(6-2)18(24)26-12-14-11-25-17(19-14)21(13(3)22)15-9-7-8-10-16(15)23-4/h7-11H,5-6,12H2,1-4H3. The number of methoxy groups -OCH3 is 1. The first-order valence-electron chi connectivity index (χ1n) is 8.31. The van der Waals surface area contributed by atoms with Crippen molar-refractivity contribution in [3.63, 3.8) is 0 Å². The number of thiazole rings is 1. The van der Waals surface area contributed by atoms with Gasteiger partial charge in [-0.3, -0.25) is 9.69 Å². The number of hydrogen-bond donors (Lipinski definition) is 0. The minimum Gasteiger partial charge on any atom is -0.495 e. The van der Waals surface area contributed by atoms with Crippen molar-refractivity contribution in [3.8, 4) is 5.75 Å². The first kappa shape index (κ1) is 20.7. The van der Waals surface area contributed by atoms with Gasteiger partial charge in [0.15, 0.2) is 5.13 Å². The minimum atomic E-state index is -0.110. The predicted molar refractivity (Wildman–Crippen MR) is 115 cm³/mol. The maximum atomic E-state index is 12.3. The highest BCUT2D eigenvalue weighted by molar-refractivity contribution is 8.22. The van der Waals surface area contributed by atoms with Crippen molar-refractivity contribution in [1.29, 1.82) is 0 Å². The van der Waals surface area contributed by atoms with Crippen molar-refractivity contribution in [1.82, 2.24) is 9.88 Å². The van der Waals surface area contributed by atoms with E-state index in [1.54, 1.807) is 23.8 Å². The zero-order valence-corrected chi connectivity index (χ0v) is 17.8. The molecule has 0 aliphatic heterocycles. The molecule has 5 nitrogen and oxygen atoms in total. The monoisotopic (exact) mass is 409 g/mol. The van der Waals surface area contributed by atoms with E-state index in [1.807, 2.05) is 29.6 Å². The molecule has 2 rings (SSSR count). The predicted octanol–water partition coefficient (Wildman–Crippen LogP) is 4.70. The molecule has 2 aromatic rings. The van der Waals surface area contributed by atoms with E-state index in [4.69, 9.17) is 17.0 Å². The van der Waals surface area contributed by atoms with Crippen LogP contribution in [-0.2, 0) is 10.5 Å². The topological polar surface area (TPSA) is 45.7 Å². The Bertz CT molecular complexity index is 760. The molecule has 1 amide bonds. The van der Waals surface area contributed by atoms with Crippen molar-refractivity contribution in [2.24, 2.45) is 0 Å². The summed E-state index contributed by atoms with van der Waals surface area (Å²) in [5.41, 5.74) is 1.60. The van der Waals surface area contributed by atoms with E-state index in [0.717, 1.165) is 23.1 Å². The number of hydrogen-bond acceptors (Lipinski definition) is 6. The zero-order chi connectivity index (χ0) is 19.1. The number of carbonyl (C=O) groups excluding carboxylic acids is 1. The second kappa shape index (κ2) is 9.89. The molecule has 1 heterocycles. The summed E-state index contributed by atoms with van der Waals surface area (Å²) >= 11 is 8.50. The molecule has 0 fully saturated rings. The molecule has 0 unspecified atom stereocenters. The van der Waals surface area contributed by atoms with Crippen molar-refractivity contribution in [3.05, 3.63) is 35.3 Å². The second-order valence-electron chi connectivity index (χ2n) is 5.37. The quantitative estimate of drug-likeness (QED) is 0.618. The van der Waals surface area contributed by atoms with E-state index in [2.05, 4.69) is 23.7 Å². The minimum absolute atomic E-state index is 0.110. The maximum Gasteiger partial charge on any atom is 0.230 e. The summed E-state index contributed by atoms with van der Waals surface area (Å²) in [5.74, 6) is 1.21. The Balaban J connectivity index is 2.18. The van der Waals surface area contributed by atoms with Crippen molar-refractivity contribution in [2.45, 2.75) is 26.5 Å². The fraction of sp³-hybridized carbons (Fsp3) is 0.389. The number of carbonyl (C=O) groups is 1. The van der Waals surface area contributed by atoms with Crippen LogP contribution in [0.1, 0.15) is 26.5 Å². The molecule has 0 saturated carbocycles. The molecule has 0 radical (unpaired) electrons. The average Bonchev–Trinajstić information content (AvgIpc) is 3.09. The third-order valence-electron chi connectivity index (χ3n) is 3.74. The maximum absolute atomic E-state index is 12.3. The van der Waals surface area contributed by atoms with Gasteiger partial charge in [-0.1, -0.05) is 36.1 Å². The van der Waals surface area contributed by atoms with E-state index in [9.17, 15) is 4.79 Å². The number of anilines is 2. The zero-order valence-electron chi connectivity index (χ0n) is 15.4. The molecular formula is C18H23N3O2S3. The van der Waals surface area contributed by atoms with E-state index >= 15 is 0 Å². The molecule has 0 spiro atoms. The van der Waals surface area contributed by atoms with E-state index in [0.29, 0.717) is 22.3 Å². The van der Waals surface area contributed by atoms with Crippen LogP contribution in [0, 0.1) is 0 Å². The Morgan fingerprint density at radius 3 is 2.62 bits per heavy atom. The number of ether oxygens (including phenoxy) is 1. The lowest BCUT2D eigenvalue weighted by atomic mass is 10.2. The van der Waals surface area contributed by atoms with Crippen LogP contribution >= 0.6 is 35.3 Å². The van der Waals surface area contributed by atoms with Gasteiger partial charge in [0.25, 0.3) is 0 Å². The van der Waals surface area contributed by atoms with Gasteiger partial charge in [-0.25, -0.2) is 4.98 Å². The Hall–Kier alpha value is -1.64. The van der Waals surface area contributed by atoms with Crippen molar-refractivity contribution < 1.29 is 9.53 Å². The SMILES string of the molecule is CCN(CC)C(=S)SCc1csc(N(C(C)=O)c2ccccc2OC)n1. The van der Waals surface area contributed by atoms with E-state index in [-0.39, 0.29) is 5.91 Å². The summed E-state index contributed by atoms with van der Waals surface area (Å²) in [6.45, 7) is 7.51. The van der Waals surface area contributed by atoms with E-state index < -0.39 is 0 Å². The second-order valence-corrected chi connectivity index (χ2v) is 7.82. The Morgan fingerprint density at radius 1 is 1.31 bits per heavy atom. The molecule has 1 aromatic carbocycles. The summed E-state index contributed by atoms with van der Waals surface area (Å²) in [4.78, 5) is 20.6. The molecule has 26 heavy (non-hydrogen) atoms. The molecule has 0 N–H and O–H groups in total. The summed E-state index contributed by atoms with van der Waals surface area (Å²) in [6.07, 6.45) is 0. The number of thioether (sulfide) groups is 1. The highest BCUT2D eigenvalue weighted by Crippen LogP contribution is 2.35. The summed E-state index contributed by atoms with van der Waals surface area (Å²) in [7, 11) is 1.59. The molecule has 0 atom stereocenters. The number of amides is 1. The van der Waals surface area contributed by atoms with Crippen LogP contribution in [0.3, 0.4) is 0 Å². The van der Waals surface area contributed by atoms with Crippen LogP contribution < -0.4 is 9.64 Å². The van der Waals surface area contributed by atoms with Crippen molar-refractivity contribution >= 4 is 56.4 Å². The number of thiocarbonyl (C=S) groups is 1. The average molecular weight is 410 g/mol. The summed E-state index contributed by atoms with van der Waals surface area (Å²) in [5, 5.41) is 2.60. The first-order chi connectivity index (χ1) is 12.5. The van der Waals surface area contributed by atoms with Crippen LogP contribution in [0.25, 0.3) is 0 Å². The van der Waals surface area contributed by atoms with Crippen LogP contribution in [0.2, 0.25) is 0 Å². The van der Waals surface area contributed by atoms with Crippen LogP contribution in [-0.4, -0.2) is 40.3 Å². The van der Waals surface area contributed by atoms with Crippen molar-refractivity contribution in [2.75, 3.05) is 25.1 Å². The Morgan fingerprint density at radius 2 is 2.00 bits per heavy atom. The number of nitrogens with zero attached hydrogens (tertiary/aromatic N) is 3. The molecule has 0 bridgehead atoms. The number of para-hydroxylation sites is 2. The highest BCUT2D eigenvalue weighted by atomic mass is 32.2. The number of aromatic nitrogens is 1. The van der Waals surface area contributed by atoms with Gasteiger partial charge in [0.1, 0.15) is 10.1 Å². The third-order valence-corrected chi connectivity index (χ3v) is 6.17. The van der Waals surface area contributed by atoms with Crippen LogP contribution in [0.5, 0.6) is 5.75 Å². The van der Waals surface area contributed by atoms with Crippen LogP contribution in [0.15, 0.2) is 29.6 Å². The number of benzene rings is 1. The lowest BCUT2D eigenvalue weighted by Crippen LogP contribution is -2.26. The van der Waals surface area contributed by atoms with Gasteiger partial charge in [0, 0.05) is 31.1 Å². The highest BCUT2D eigenvalue weighted by Gasteiger charge is 2.21. The van der Waals surface area contributed by atoms with Gasteiger partial charge in [-0.05, 0) is 26.0 Å². The number of rotatable bonds is 7. The molecule has 8 heteroatoms. The fourth-order valence-electron chi connectivity index (χ4n) is 2.40. The van der Waals surface area contributed by atoms with Crippen LogP contribution in [0.4, 0.5) is 10.8 Å². The van der Waals surface area contributed by atoms with Gasteiger partial charge in [-0.2, -0.15) is 0 Å². The smallest absolute Gasteiger partial charge is 0.230 e. The summed E-state index contributed by atoms with van der Waals surface area (Å²) < 4.78 is 6.26. The van der Waals surface area contributed by atoms with Gasteiger partial charge in [0.2, 0.25) is 5.91 Å². The van der Waals surface area contributed by atoms with E-state index in [1.165, 1.54) is 18.3 Å². The molecule has 0 saturated heterocycles. The van der Waals surface area contributed by atoms with Gasteiger partial charge < -0.3 is 9.64 Å². The molecule has 0 aliphatic rings. The van der Waals surface area contributed by atoms with Gasteiger partial charge >= 0.3 is 0 Å². The van der Waals surface area contributed by atoms with Gasteiger partial charge in [-0.15, -0.1) is 11.3 Å². The molecule has 140 valence electrons. The molecule has 0 aliphatic carbocycles. The largest absolute Gasteiger partial charge is 0.495 e. The Labute approximate surface area is 168 Å². The van der Waals surface area contributed by atoms with Gasteiger partial charge in [0.05, 0.1) is 18.5 Å². The fourth-order valence-corrected chi connectivity index (χ4v) is 4.68. The molecular weight excluding hydrogens is 386 g/mol. The molecule has 1 aromatic heterocycles. The Kier molecular flexibility index (Phi) is 7.86. The first-order valence-corrected chi connectivity index (χ1v) is 10.6. The lowest BCUT2D eigenvalue weighted by Gasteiger charge is -2.21. The summed E-state index contributed by atoms with van der Waals surface area (Å²) in [6, 6.07) is 7.43. The third kappa shape index (κ3) is 4.96.